The van der Waals surface area contributed by atoms with Crippen LogP contribution in [-0.2, 0) is 35.5 Å². The van der Waals surface area contributed by atoms with Gasteiger partial charge < -0.3 is 18.8 Å². The number of H-pyrrole nitrogens is 1. The fraction of sp³-hybridized carbons (Fsp3) is 0.455. The maximum absolute atomic E-state index is 15.9. The quantitative estimate of drug-likeness (QED) is 0.164. The molecule has 1 aliphatic rings. The molecular weight excluding hydrogens is 557 g/mol. The van der Waals surface area contributed by atoms with Crippen molar-refractivity contribution >= 4 is 28.5 Å². The maximum Gasteiger partial charge on any atom is 0.355 e. The van der Waals surface area contributed by atoms with Gasteiger partial charge in [0.2, 0.25) is 0 Å². The summed E-state index contributed by atoms with van der Waals surface area (Å²) < 4.78 is 35.4. The second-order valence-corrected chi connectivity index (χ2v) is 10.9. The summed E-state index contributed by atoms with van der Waals surface area (Å²) in [6, 6.07) is 7.15. The normalized spacial score (nSPS) is 13.3. The van der Waals surface area contributed by atoms with E-state index in [1.54, 1.807) is 13.0 Å². The number of rotatable bonds is 8. The molecule has 4 aromatic rings. The third kappa shape index (κ3) is 6.06. The summed E-state index contributed by atoms with van der Waals surface area (Å²) >= 11 is 6.32. The zero-order chi connectivity index (χ0) is 29.1. The van der Waals surface area contributed by atoms with Gasteiger partial charge in [-0.15, -0.1) is 0 Å². The predicted octanol–water partition coefficient (Wildman–Crippen LogP) is 8.14. The monoisotopic (exact) mass is 597 g/mol. The Morgan fingerprint density at radius 1 is 1.17 bits per heavy atom. The number of carbonyl (C=O) groups excluding carboxylic acids is 1. The number of hydrogen-bond donors (Lipinski definition) is 1. The van der Waals surface area contributed by atoms with E-state index in [2.05, 4.69) is 10.2 Å². The van der Waals surface area contributed by atoms with Gasteiger partial charge in [0.15, 0.2) is 0 Å². The van der Waals surface area contributed by atoms with Gasteiger partial charge in [-0.1, -0.05) is 26.0 Å². The number of esters is 1. The number of nitrogens with zero attached hydrogens (tertiary/aromatic N) is 2. The number of benzene rings is 2. The van der Waals surface area contributed by atoms with Gasteiger partial charge in [-0.25, -0.2) is 9.18 Å². The van der Waals surface area contributed by atoms with Crippen LogP contribution in [0, 0.1) is 19.7 Å². The molecule has 226 valence electrons. The summed E-state index contributed by atoms with van der Waals surface area (Å²) in [6.07, 6.45) is 3.43. The Balaban J connectivity index is 0.00000405. The van der Waals surface area contributed by atoms with Crippen LogP contribution in [0.1, 0.15) is 79.1 Å². The molecule has 0 unspecified atom stereocenters. The molecule has 0 fully saturated rings. The largest absolute Gasteiger partial charge is 0.494 e. The molecule has 0 saturated carbocycles. The Bertz CT molecular complexity index is 1550. The minimum atomic E-state index is -0.399. The smallest absolute Gasteiger partial charge is 0.355 e. The van der Waals surface area contributed by atoms with Crippen LogP contribution < -0.4 is 4.74 Å². The van der Waals surface area contributed by atoms with Gasteiger partial charge in [-0.3, -0.25) is 5.10 Å². The molecule has 1 N–H and O–H groups in total. The third-order valence-corrected chi connectivity index (χ3v) is 8.26. The van der Waals surface area contributed by atoms with Crippen LogP contribution in [0.15, 0.2) is 24.3 Å². The summed E-state index contributed by atoms with van der Waals surface area (Å²) in [5, 5.41) is 9.15. The molecule has 2 aromatic heterocycles. The molecule has 0 aliphatic carbocycles. The number of aryl methyl sites for hydroxylation is 5. The first-order valence-electron chi connectivity index (χ1n) is 14.4. The van der Waals surface area contributed by atoms with E-state index in [1.165, 1.54) is 6.07 Å². The average Bonchev–Trinajstić information content (AvgIpc) is 3.49. The summed E-state index contributed by atoms with van der Waals surface area (Å²) in [5.41, 5.74) is 6.64. The highest BCUT2D eigenvalue weighted by molar-refractivity contribution is 6.32. The van der Waals surface area contributed by atoms with E-state index in [9.17, 15) is 4.79 Å². The summed E-state index contributed by atoms with van der Waals surface area (Å²) in [7, 11) is 0. The Morgan fingerprint density at radius 3 is 2.64 bits per heavy atom. The van der Waals surface area contributed by atoms with E-state index in [0.717, 1.165) is 62.6 Å². The molecule has 2 aromatic carbocycles. The molecule has 3 heterocycles. The van der Waals surface area contributed by atoms with E-state index in [1.807, 2.05) is 37.5 Å². The van der Waals surface area contributed by atoms with Crippen LogP contribution in [0.4, 0.5) is 4.39 Å². The van der Waals surface area contributed by atoms with Crippen LogP contribution in [0.25, 0.3) is 22.0 Å². The number of halogens is 2. The van der Waals surface area contributed by atoms with Gasteiger partial charge in [-0.05, 0) is 93.8 Å². The highest BCUT2D eigenvalue weighted by atomic mass is 35.5. The maximum atomic E-state index is 15.9. The van der Waals surface area contributed by atoms with Gasteiger partial charge >= 0.3 is 5.97 Å². The topological polar surface area (TPSA) is 78.4 Å². The Hall–Kier alpha value is -3.36. The molecule has 0 spiro atoms. The number of fused-ring (bicyclic) bond motifs is 2. The summed E-state index contributed by atoms with van der Waals surface area (Å²) in [4.78, 5) is 13.5. The molecule has 0 atom stereocenters. The van der Waals surface area contributed by atoms with Crippen molar-refractivity contribution in [1.29, 1.82) is 0 Å². The van der Waals surface area contributed by atoms with Crippen LogP contribution in [0.5, 0.6) is 5.75 Å². The van der Waals surface area contributed by atoms with E-state index in [4.69, 9.17) is 25.8 Å². The summed E-state index contributed by atoms with van der Waals surface area (Å²) in [5.74, 6) is 0.00820. The van der Waals surface area contributed by atoms with Crippen molar-refractivity contribution in [3.63, 3.8) is 0 Å². The van der Waals surface area contributed by atoms with E-state index in [0.29, 0.717) is 62.4 Å². The molecular formula is C33H41ClFN3O4. The molecule has 1 aliphatic heterocycles. The first-order valence-corrected chi connectivity index (χ1v) is 14.8. The number of hydrogen-bond acceptors (Lipinski definition) is 5. The van der Waals surface area contributed by atoms with Crippen LogP contribution >= 0.6 is 11.6 Å². The van der Waals surface area contributed by atoms with Crippen LogP contribution in [-0.4, -0.2) is 40.6 Å². The van der Waals surface area contributed by atoms with Crippen molar-refractivity contribution in [2.24, 2.45) is 0 Å². The molecule has 5 rings (SSSR count). The first-order chi connectivity index (χ1) is 19.8. The van der Waals surface area contributed by atoms with Gasteiger partial charge in [-0.2, -0.15) is 5.10 Å². The average molecular weight is 598 g/mol. The zero-order valence-electron chi connectivity index (χ0n) is 24.2. The third-order valence-electron chi connectivity index (χ3n) is 7.66. The second-order valence-electron chi connectivity index (χ2n) is 10.5. The molecule has 42 heavy (non-hydrogen) atoms. The standard InChI is InChI=1S/C32H37ClFN3O4.CH4/c1-5-25-28-26(36-35-25)18-39-14-8-7-13-37-30-23(11-12-24(34)27(28)30)22(31(37)32(38)40-6-2)10-9-15-41-21-16-19(3)29(33)20(4)17-21;/h11-12,16-17H,5-10,13-15,18H2,1-4H3,(H,35,36);1H4. The lowest BCUT2D eigenvalue weighted by molar-refractivity contribution is 0.0512. The van der Waals surface area contributed by atoms with Gasteiger partial charge in [0.25, 0.3) is 0 Å². The molecule has 0 amide bonds. The number of nitrogens with one attached hydrogen (secondary N) is 1. The number of ether oxygens (including phenoxy) is 3. The fourth-order valence-electron chi connectivity index (χ4n) is 5.79. The lowest BCUT2D eigenvalue weighted by Crippen LogP contribution is -2.15. The Labute approximate surface area is 252 Å². The number of aromatic nitrogens is 3. The molecule has 0 radical (unpaired) electrons. The fourth-order valence-corrected chi connectivity index (χ4v) is 5.90. The van der Waals surface area contributed by atoms with Crippen LogP contribution in [0.3, 0.4) is 0 Å². The van der Waals surface area contributed by atoms with Crippen molar-refractivity contribution in [3.05, 3.63) is 68.9 Å². The van der Waals surface area contributed by atoms with Crippen molar-refractivity contribution in [3.8, 4) is 16.9 Å². The lowest BCUT2D eigenvalue weighted by Gasteiger charge is -2.14. The minimum Gasteiger partial charge on any atom is -0.494 e. The first kappa shape index (κ1) is 31.6. The molecule has 0 bridgehead atoms. The van der Waals surface area contributed by atoms with E-state index >= 15 is 4.39 Å². The highest BCUT2D eigenvalue weighted by Crippen LogP contribution is 2.40. The van der Waals surface area contributed by atoms with Crippen LogP contribution in [0.2, 0.25) is 5.02 Å². The van der Waals surface area contributed by atoms with Gasteiger partial charge in [0, 0.05) is 34.7 Å². The van der Waals surface area contributed by atoms with Crippen molar-refractivity contribution in [2.75, 3.05) is 19.8 Å². The number of aromatic amines is 1. The van der Waals surface area contributed by atoms with E-state index in [-0.39, 0.29) is 19.9 Å². The number of carbonyl (C=O) groups is 1. The predicted molar refractivity (Wildman–Crippen MR) is 165 cm³/mol. The van der Waals surface area contributed by atoms with Crippen molar-refractivity contribution in [1.82, 2.24) is 14.8 Å². The Morgan fingerprint density at radius 2 is 1.93 bits per heavy atom. The minimum absolute atomic E-state index is 0. The Kier molecular flexibility index (Phi) is 10.3. The SMILES string of the molecule is C.CCOC(=O)c1c(CCCOc2cc(C)c(Cl)c(C)c2)c2ccc(F)c3c2n1CCCCOCc1[nH]nc(CC)c1-3. The summed E-state index contributed by atoms with van der Waals surface area (Å²) in [6.45, 7) is 9.83. The van der Waals surface area contributed by atoms with Gasteiger partial charge in [0.05, 0.1) is 36.7 Å². The highest BCUT2D eigenvalue weighted by Gasteiger charge is 2.29. The zero-order valence-corrected chi connectivity index (χ0v) is 24.9. The van der Waals surface area contributed by atoms with E-state index < -0.39 is 5.97 Å². The lowest BCUT2D eigenvalue weighted by atomic mass is 9.97. The molecule has 9 heteroatoms. The van der Waals surface area contributed by atoms with Gasteiger partial charge in [0.1, 0.15) is 17.3 Å². The second kappa shape index (κ2) is 13.7. The van der Waals surface area contributed by atoms with Crippen molar-refractivity contribution < 1.29 is 23.4 Å². The van der Waals surface area contributed by atoms with Crippen molar-refractivity contribution in [2.45, 2.75) is 80.4 Å². The molecule has 0 saturated heterocycles. The molecule has 7 nitrogen and oxygen atoms in total.